The van der Waals surface area contributed by atoms with Gasteiger partial charge < -0.3 is 28.4 Å². The summed E-state index contributed by atoms with van der Waals surface area (Å²) < 4.78 is 34.8. The van der Waals surface area contributed by atoms with E-state index in [9.17, 15) is 4.79 Å². The highest BCUT2D eigenvalue weighted by molar-refractivity contribution is 5.94. The van der Waals surface area contributed by atoms with Gasteiger partial charge in [0.2, 0.25) is 18.3 Å². The predicted octanol–water partition coefficient (Wildman–Crippen LogP) is 5.35. The van der Waals surface area contributed by atoms with Crippen LogP contribution in [0.4, 0.5) is 0 Å². The normalized spacial score (nSPS) is 18.9. The van der Waals surface area contributed by atoms with E-state index in [0.29, 0.717) is 51.9 Å². The van der Waals surface area contributed by atoms with Gasteiger partial charge in [-0.1, -0.05) is 19.9 Å². The van der Waals surface area contributed by atoms with E-state index >= 15 is 0 Å². The van der Waals surface area contributed by atoms with Crippen molar-refractivity contribution in [2.75, 3.05) is 28.1 Å². The van der Waals surface area contributed by atoms with Crippen LogP contribution in [0, 0.1) is 11.8 Å². The van der Waals surface area contributed by atoms with E-state index in [4.69, 9.17) is 28.4 Å². The average molecular weight is 469 g/mol. The lowest BCUT2D eigenvalue weighted by Gasteiger charge is -2.30. The van der Waals surface area contributed by atoms with Crippen LogP contribution in [0.5, 0.6) is 34.5 Å². The topological polar surface area (TPSA) is 72.5 Å². The standard InChI is InChI=1S/C27H32O7/c1-8-14(2)27(28)34-26-22-17(11-19(29-5)23(26)30-6)9-15(3)16(4)10-18-12-20-24(33-13-32-20)25(31-7)21(18)22/h8,11-12,15-16H,9-10,13H2,1-7H3. The van der Waals surface area contributed by atoms with Crippen molar-refractivity contribution < 1.29 is 33.2 Å². The fraction of sp³-hybridized carbons (Fsp3) is 0.444. The number of methoxy groups -OCH3 is 3. The van der Waals surface area contributed by atoms with Crippen LogP contribution in [0.25, 0.3) is 11.1 Å². The first-order valence-corrected chi connectivity index (χ1v) is 11.5. The molecular formula is C27H32O7. The number of fused-ring (bicyclic) bond motifs is 4. The molecule has 1 aliphatic carbocycles. The van der Waals surface area contributed by atoms with Crippen LogP contribution in [0.1, 0.15) is 38.8 Å². The molecule has 7 nitrogen and oxygen atoms in total. The molecule has 2 aliphatic rings. The van der Waals surface area contributed by atoms with E-state index in [1.807, 2.05) is 12.1 Å². The van der Waals surface area contributed by atoms with E-state index in [2.05, 4.69) is 13.8 Å². The Morgan fingerprint density at radius 1 is 0.912 bits per heavy atom. The third kappa shape index (κ3) is 3.93. The summed E-state index contributed by atoms with van der Waals surface area (Å²) >= 11 is 0. The lowest BCUT2D eigenvalue weighted by atomic mass is 9.77. The number of allylic oxidation sites excluding steroid dienone is 1. The zero-order valence-corrected chi connectivity index (χ0v) is 20.9. The second-order valence-electron chi connectivity index (χ2n) is 8.88. The number of carbonyl (C=O) groups excluding carboxylic acids is 1. The van der Waals surface area contributed by atoms with Crippen LogP contribution < -0.4 is 28.4 Å². The van der Waals surface area contributed by atoms with Crippen LogP contribution >= 0.6 is 0 Å². The van der Waals surface area contributed by atoms with Gasteiger partial charge in [0.1, 0.15) is 0 Å². The van der Waals surface area contributed by atoms with Crippen molar-refractivity contribution in [2.24, 2.45) is 11.8 Å². The van der Waals surface area contributed by atoms with E-state index in [1.54, 1.807) is 34.1 Å². The molecule has 2 aromatic rings. The summed E-state index contributed by atoms with van der Waals surface area (Å²) in [6.07, 6.45) is 3.29. The fourth-order valence-corrected chi connectivity index (χ4v) is 4.62. The number of benzene rings is 2. The number of hydrogen-bond acceptors (Lipinski definition) is 7. The van der Waals surface area contributed by atoms with Crippen LogP contribution in [0.15, 0.2) is 23.8 Å². The minimum absolute atomic E-state index is 0.127. The molecule has 1 heterocycles. The van der Waals surface area contributed by atoms with Crippen LogP contribution in [0.3, 0.4) is 0 Å². The first kappa shape index (κ1) is 23.8. The van der Waals surface area contributed by atoms with Gasteiger partial charge in [0, 0.05) is 16.7 Å². The number of hydrogen-bond donors (Lipinski definition) is 0. The summed E-state index contributed by atoms with van der Waals surface area (Å²) in [7, 11) is 4.72. The smallest absolute Gasteiger partial charge is 0.338 e. The Morgan fingerprint density at radius 3 is 2.12 bits per heavy atom. The lowest BCUT2D eigenvalue weighted by molar-refractivity contribution is -0.130. The Labute approximate surface area is 200 Å². The van der Waals surface area contributed by atoms with Gasteiger partial charge in [-0.2, -0.15) is 0 Å². The molecule has 0 radical (unpaired) electrons. The van der Waals surface area contributed by atoms with E-state index in [-0.39, 0.29) is 6.79 Å². The molecule has 7 heteroatoms. The number of carbonyl (C=O) groups is 1. The Balaban J connectivity index is 2.11. The van der Waals surface area contributed by atoms with Crippen molar-refractivity contribution in [1.82, 2.24) is 0 Å². The molecule has 4 rings (SSSR count). The molecule has 2 unspecified atom stereocenters. The SMILES string of the molecule is CC=C(C)C(=O)Oc1c(OC)c(OC)cc2c1-c1c(cc3c(c1OC)OCO3)CC(C)C(C)C2. The third-order valence-electron chi connectivity index (χ3n) is 6.87. The van der Waals surface area contributed by atoms with Crippen LogP contribution in [-0.4, -0.2) is 34.1 Å². The van der Waals surface area contributed by atoms with Gasteiger partial charge in [0.15, 0.2) is 23.0 Å². The van der Waals surface area contributed by atoms with Gasteiger partial charge in [0.05, 0.1) is 21.3 Å². The molecule has 2 atom stereocenters. The highest BCUT2D eigenvalue weighted by atomic mass is 16.7. The lowest BCUT2D eigenvalue weighted by Crippen LogP contribution is -2.19. The molecule has 34 heavy (non-hydrogen) atoms. The molecule has 0 amide bonds. The van der Waals surface area contributed by atoms with Crippen molar-refractivity contribution in [1.29, 1.82) is 0 Å². The van der Waals surface area contributed by atoms with E-state index in [0.717, 1.165) is 35.1 Å². The van der Waals surface area contributed by atoms with Gasteiger partial charge >= 0.3 is 5.97 Å². The summed E-state index contributed by atoms with van der Waals surface area (Å²) in [4.78, 5) is 13.0. The van der Waals surface area contributed by atoms with Crippen molar-refractivity contribution >= 4 is 5.97 Å². The second kappa shape index (κ2) is 9.49. The van der Waals surface area contributed by atoms with Gasteiger partial charge in [-0.25, -0.2) is 4.79 Å². The molecule has 0 spiro atoms. The largest absolute Gasteiger partial charge is 0.493 e. The summed E-state index contributed by atoms with van der Waals surface area (Å²) in [6.45, 7) is 8.12. The first-order valence-electron chi connectivity index (χ1n) is 11.5. The maximum atomic E-state index is 13.0. The highest BCUT2D eigenvalue weighted by Gasteiger charge is 2.35. The van der Waals surface area contributed by atoms with Gasteiger partial charge in [-0.05, 0) is 61.8 Å². The predicted molar refractivity (Wildman–Crippen MR) is 128 cm³/mol. The van der Waals surface area contributed by atoms with Crippen molar-refractivity contribution in [2.45, 2.75) is 40.5 Å². The van der Waals surface area contributed by atoms with E-state index < -0.39 is 5.97 Å². The molecule has 1 aliphatic heterocycles. The van der Waals surface area contributed by atoms with Crippen molar-refractivity contribution in [3.63, 3.8) is 0 Å². The average Bonchev–Trinajstić information content (AvgIpc) is 3.30. The maximum absolute atomic E-state index is 13.0. The highest BCUT2D eigenvalue weighted by Crippen LogP contribution is 2.56. The summed E-state index contributed by atoms with van der Waals surface area (Å²) in [5.74, 6) is 3.22. The number of rotatable bonds is 5. The van der Waals surface area contributed by atoms with Crippen LogP contribution in [0.2, 0.25) is 0 Å². The number of ether oxygens (including phenoxy) is 6. The molecule has 0 N–H and O–H groups in total. The Kier molecular flexibility index (Phi) is 6.64. The molecule has 2 aromatic carbocycles. The van der Waals surface area contributed by atoms with Crippen molar-refractivity contribution in [3.05, 3.63) is 34.9 Å². The van der Waals surface area contributed by atoms with Crippen molar-refractivity contribution in [3.8, 4) is 45.6 Å². The van der Waals surface area contributed by atoms with Gasteiger partial charge in [-0.3, -0.25) is 0 Å². The summed E-state index contributed by atoms with van der Waals surface area (Å²) in [5, 5.41) is 0. The third-order valence-corrected chi connectivity index (χ3v) is 6.87. The minimum atomic E-state index is -0.457. The Hall–Kier alpha value is -3.35. The summed E-state index contributed by atoms with van der Waals surface area (Å²) in [5.41, 5.74) is 4.08. The molecular weight excluding hydrogens is 436 g/mol. The van der Waals surface area contributed by atoms with Gasteiger partial charge in [-0.15, -0.1) is 0 Å². The fourth-order valence-electron chi connectivity index (χ4n) is 4.62. The Morgan fingerprint density at radius 2 is 1.53 bits per heavy atom. The molecule has 0 saturated heterocycles. The first-order chi connectivity index (χ1) is 16.3. The zero-order valence-electron chi connectivity index (χ0n) is 20.9. The molecule has 0 aromatic heterocycles. The van der Waals surface area contributed by atoms with E-state index in [1.165, 1.54) is 7.11 Å². The monoisotopic (exact) mass is 468 g/mol. The van der Waals surface area contributed by atoms with Gasteiger partial charge in [0.25, 0.3) is 0 Å². The molecule has 0 saturated carbocycles. The minimum Gasteiger partial charge on any atom is -0.493 e. The van der Waals surface area contributed by atoms with Crippen LogP contribution in [-0.2, 0) is 17.6 Å². The Bertz CT molecular complexity index is 1150. The zero-order chi connectivity index (χ0) is 24.6. The maximum Gasteiger partial charge on any atom is 0.338 e. The summed E-state index contributed by atoms with van der Waals surface area (Å²) in [6, 6.07) is 3.98. The molecule has 182 valence electrons. The molecule has 0 fully saturated rings. The molecule has 0 bridgehead atoms. The number of esters is 1. The second-order valence-corrected chi connectivity index (χ2v) is 8.88. The quantitative estimate of drug-likeness (QED) is 0.333.